The average molecular weight is 749 g/mol. The number of benzene rings is 7. The van der Waals surface area contributed by atoms with Gasteiger partial charge in [0, 0.05) is 31.1 Å². The Morgan fingerprint density at radius 3 is 1.55 bits per heavy atom. The van der Waals surface area contributed by atoms with Crippen LogP contribution < -0.4 is 25.6 Å². The zero-order chi connectivity index (χ0) is 31.5. The second-order valence-electron chi connectivity index (χ2n) is 12.0. The van der Waals surface area contributed by atoms with Gasteiger partial charge in [-0.2, -0.15) is 0 Å². The van der Waals surface area contributed by atoms with Gasteiger partial charge in [-0.3, -0.25) is 0 Å². The summed E-state index contributed by atoms with van der Waals surface area (Å²) in [6, 6.07) is 62.3. The smallest absolute Gasteiger partial charge is 0.184 e. The molecule has 0 atom stereocenters. The molecule has 0 saturated heterocycles. The van der Waals surface area contributed by atoms with E-state index >= 15 is 0 Å². The van der Waals surface area contributed by atoms with Crippen molar-refractivity contribution in [1.29, 1.82) is 0 Å². The van der Waals surface area contributed by atoms with Crippen LogP contribution in [0, 0.1) is 0 Å². The second kappa shape index (κ2) is 11.2. The summed E-state index contributed by atoms with van der Waals surface area (Å²) in [7, 11) is -2.88. The van der Waals surface area contributed by atoms with Gasteiger partial charge >= 0.3 is 0 Å². The summed E-state index contributed by atoms with van der Waals surface area (Å²) in [5.74, 6) is 0. The highest BCUT2D eigenvalue weighted by molar-refractivity contribution is 9.11. The van der Waals surface area contributed by atoms with Crippen molar-refractivity contribution >= 4 is 99.5 Å². The molecular weight excluding hydrogens is 720 g/mol. The Balaban J connectivity index is 1.48. The molecule has 0 fully saturated rings. The van der Waals surface area contributed by atoms with Gasteiger partial charge in [0.25, 0.3) is 0 Å². The van der Waals surface area contributed by atoms with Crippen molar-refractivity contribution in [1.82, 2.24) is 4.57 Å². The molecule has 1 aliphatic heterocycles. The molecule has 2 nitrogen and oxygen atoms in total. The van der Waals surface area contributed by atoms with Crippen LogP contribution in [0.4, 0.5) is 17.1 Å². The number of rotatable bonds is 4. The molecule has 8 aromatic rings. The van der Waals surface area contributed by atoms with Crippen molar-refractivity contribution in [2.24, 2.45) is 0 Å². The number of nitrogens with zero attached hydrogens (tertiary/aromatic N) is 2. The van der Waals surface area contributed by atoms with Crippen LogP contribution in [0.25, 0.3) is 27.5 Å². The maximum absolute atomic E-state index is 4.21. The summed E-state index contributed by atoms with van der Waals surface area (Å²) in [6.07, 6.45) is 0. The number of hydrogen-bond donors (Lipinski definition) is 0. The van der Waals surface area contributed by atoms with E-state index in [2.05, 4.69) is 211 Å². The fraction of sp³-hybridized carbons (Fsp3) is 0. The SMILES string of the molecule is Brc1ccccc1N1c2ccccc2[Si](c2ccccc2)(c2ccccc2)c2cc(-n3c4ccccc4c4ccccc43)cc(Br)c21. The molecule has 224 valence electrons. The van der Waals surface area contributed by atoms with Gasteiger partial charge in [-0.15, -0.1) is 0 Å². The Hall–Kier alpha value is -4.68. The molecule has 9 rings (SSSR count). The summed E-state index contributed by atoms with van der Waals surface area (Å²) >= 11 is 8.14. The number of aromatic nitrogens is 1. The van der Waals surface area contributed by atoms with Gasteiger partial charge in [-0.1, -0.05) is 127 Å². The molecule has 47 heavy (non-hydrogen) atoms. The second-order valence-corrected chi connectivity index (χ2v) is 17.4. The van der Waals surface area contributed by atoms with E-state index in [9.17, 15) is 0 Å². The number of fused-ring (bicyclic) bond motifs is 5. The minimum atomic E-state index is -2.88. The quantitative estimate of drug-likeness (QED) is 0.163. The van der Waals surface area contributed by atoms with Crippen LogP contribution in [0.3, 0.4) is 0 Å². The summed E-state index contributed by atoms with van der Waals surface area (Å²) in [6.45, 7) is 0. The van der Waals surface area contributed by atoms with Gasteiger partial charge in [0.15, 0.2) is 8.07 Å². The average Bonchev–Trinajstić information content (AvgIpc) is 3.46. The van der Waals surface area contributed by atoms with Gasteiger partial charge < -0.3 is 9.47 Å². The third-order valence-electron chi connectivity index (χ3n) is 9.57. The molecule has 2 heterocycles. The third kappa shape index (κ3) is 4.20. The summed E-state index contributed by atoms with van der Waals surface area (Å²) in [4.78, 5) is 2.45. The molecule has 1 aromatic heterocycles. The minimum Gasteiger partial charge on any atom is -0.309 e. The predicted octanol–water partition coefficient (Wildman–Crippen LogP) is 9.47. The first-order chi connectivity index (χ1) is 23.2. The molecule has 1 aliphatic rings. The summed E-state index contributed by atoms with van der Waals surface area (Å²) < 4.78 is 4.54. The van der Waals surface area contributed by atoms with Crippen LogP contribution in [0.5, 0.6) is 0 Å². The molecule has 5 heteroatoms. The van der Waals surface area contributed by atoms with Crippen LogP contribution in [0.2, 0.25) is 0 Å². The Morgan fingerprint density at radius 2 is 0.936 bits per heavy atom. The number of anilines is 3. The normalized spacial score (nSPS) is 13.4. The van der Waals surface area contributed by atoms with Gasteiger partial charge in [0.2, 0.25) is 0 Å². The topological polar surface area (TPSA) is 8.17 Å². The predicted molar refractivity (Wildman–Crippen MR) is 208 cm³/mol. The van der Waals surface area contributed by atoms with E-state index in [4.69, 9.17) is 0 Å². The Labute approximate surface area is 291 Å². The molecule has 0 N–H and O–H groups in total. The molecule has 0 saturated carbocycles. The summed E-state index contributed by atoms with van der Waals surface area (Å²) in [5.41, 5.74) is 7.03. The van der Waals surface area contributed by atoms with E-state index in [1.807, 2.05) is 0 Å². The maximum Gasteiger partial charge on any atom is 0.184 e. The standard InChI is InChI=1S/C42H28Br2N2Si/c43-34-21-9-12-24-38(34)46-39-25-13-14-26-40(39)47(30-15-3-1-4-16-30,31-17-5-2-6-18-31)41-28-29(27-35(44)42(41)46)45-36-22-10-7-19-32(36)33-20-8-11-23-37(33)45/h1-28H. The van der Waals surface area contributed by atoms with E-state index in [1.165, 1.54) is 53.9 Å². The summed E-state index contributed by atoms with van der Waals surface area (Å²) in [5, 5.41) is 7.94. The first kappa shape index (κ1) is 28.5. The first-order valence-electron chi connectivity index (χ1n) is 15.8. The van der Waals surface area contributed by atoms with E-state index in [0.717, 1.165) is 20.3 Å². The highest BCUT2D eigenvalue weighted by Gasteiger charge is 2.49. The van der Waals surface area contributed by atoms with Crippen molar-refractivity contribution in [3.05, 3.63) is 179 Å². The molecule has 0 radical (unpaired) electrons. The lowest BCUT2D eigenvalue weighted by atomic mass is 10.1. The van der Waals surface area contributed by atoms with Crippen LogP contribution in [-0.2, 0) is 0 Å². The zero-order valence-electron chi connectivity index (χ0n) is 25.3. The van der Waals surface area contributed by atoms with Gasteiger partial charge in [-0.25, -0.2) is 0 Å². The Kier molecular flexibility index (Phi) is 6.82. The van der Waals surface area contributed by atoms with Crippen LogP contribution in [0.1, 0.15) is 0 Å². The van der Waals surface area contributed by atoms with Crippen molar-refractivity contribution < 1.29 is 0 Å². The monoisotopic (exact) mass is 746 g/mol. The molecule has 0 amide bonds. The van der Waals surface area contributed by atoms with E-state index in [-0.39, 0.29) is 0 Å². The third-order valence-corrected chi connectivity index (χ3v) is 15.7. The molecule has 0 spiro atoms. The van der Waals surface area contributed by atoms with Crippen LogP contribution in [0.15, 0.2) is 179 Å². The lowest BCUT2D eigenvalue weighted by Crippen LogP contribution is -2.77. The van der Waals surface area contributed by atoms with Crippen molar-refractivity contribution in [2.45, 2.75) is 0 Å². The lowest BCUT2D eigenvalue weighted by molar-refractivity contribution is 1.17. The van der Waals surface area contributed by atoms with E-state index < -0.39 is 8.07 Å². The highest BCUT2D eigenvalue weighted by Crippen LogP contribution is 2.45. The largest absolute Gasteiger partial charge is 0.309 e. The molecular formula is C42H28Br2N2Si. The van der Waals surface area contributed by atoms with Crippen LogP contribution >= 0.6 is 31.9 Å². The number of para-hydroxylation sites is 4. The fourth-order valence-electron chi connectivity index (χ4n) is 7.73. The highest BCUT2D eigenvalue weighted by atomic mass is 79.9. The van der Waals surface area contributed by atoms with Crippen molar-refractivity contribution in [3.8, 4) is 5.69 Å². The molecule has 0 unspecified atom stereocenters. The van der Waals surface area contributed by atoms with Gasteiger partial charge in [0.1, 0.15) is 0 Å². The van der Waals surface area contributed by atoms with Crippen LogP contribution in [-0.4, -0.2) is 12.6 Å². The van der Waals surface area contributed by atoms with E-state index in [0.29, 0.717) is 0 Å². The number of hydrogen-bond acceptors (Lipinski definition) is 1. The number of halogens is 2. The van der Waals surface area contributed by atoms with Gasteiger partial charge in [-0.05, 0) is 95.1 Å². The van der Waals surface area contributed by atoms with Crippen molar-refractivity contribution in [3.63, 3.8) is 0 Å². The van der Waals surface area contributed by atoms with E-state index in [1.54, 1.807) is 0 Å². The molecule has 7 aromatic carbocycles. The fourth-order valence-corrected chi connectivity index (χ4v) is 14.1. The Bertz CT molecular complexity index is 2360. The lowest BCUT2D eigenvalue weighted by Gasteiger charge is -2.45. The first-order valence-corrected chi connectivity index (χ1v) is 19.3. The Morgan fingerprint density at radius 1 is 0.426 bits per heavy atom. The van der Waals surface area contributed by atoms with Gasteiger partial charge in [0.05, 0.1) is 22.4 Å². The van der Waals surface area contributed by atoms with Crippen molar-refractivity contribution in [2.75, 3.05) is 4.90 Å². The molecule has 0 bridgehead atoms. The minimum absolute atomic E-state index is 1.05. The zero-order valence-corrected chi connectivity index (χ0v) is 29.5. The molecule has 0 aliphatic carbocycles. The maximum atomic E-state index is 4.21.